The van der Waals surface area contributed by atoms with E-state index >= 15 is 0 Å². The number of H-pyrrole nitrogens is 1. The summed E-state index contributed by atoms with van der Waals surface area (Å²) in [7, 11) is 0. The van der Waals surface area contributed by atoms with Gasteiger partial charge in [-0.3, -0.25) is 4.98 Å². The van der Waals surface area contributed by atoms with E-state index in [0.29, 0.717) is 11.1 Å². The van der Waals surface area contributed by atoms with Crippen LogP contribution in [0.1, 0.15) is 25.5 Å². The molecular formula is C10H11FN2. The Bertz CT molecular complexity index is 431. The molecule has 2 aromatic heterocycles. The van der Waals surface area contributed by atoms with Gasteiger partial charge in [-0.15, -0.1) is 0 Å². The van der Waals surface area contributed by atoms with Crippen LogP contribution in [0.15, 0.2) is 18.5 Å². The first-order chi connectivity index (χ1) is 6.20. The molecule has 0 aliphatic carbocycles. The van der Waals surface area contributed by atoms with Crippen molar-refractivity contribution in [2.45, 2.75) is 19.8 Å². The van der Waals surface area contributed by atoms with Crippen molar-refractivity contribution < 1.29 is 4.39 Å². The number of hydrogen-bond donors (Lipinski definition) is 1. The zero-order valence-electron chi connectivity index (χ0n) is 7.63. The molecule has 1 N–H and O–H groups in total. The zero-order chi connectivity index (χ0) is 9.42. The molecule has 2 nitrogen and oxygen atoms in total. The Labute approximate surface area is 75.8 Å². The lowest BCUT2D eigenvalue weighted by Gasteiger charge is -1.99. The van der Waals surface area contributed by atoms with Gasteiger partial charge in [0.15, 0.2) is 5.82 Å². The van der Waals surface area contributed by atoms with E-state index in [4.69, 9.17) is 0 Å². The largest absolute Gasteiger partial charge is 0.356 e. The summed E-state index contributed by atoms with van der Waals surface area (Å²) in [4.78, 5) is 6.93. The number of nitrogens with one attached hydrogen (secondary N) is 1. The molecule has 2 heterocycles. The molecule has 2 aromatic rings. The Balaban J connectivity index is 2.74. The molecule has 0 amide bonds. The van der Waals surface area contributed by atoms with Gasteiger partial charge in [0.05, 0.1) is 16.6 Å². The van der Waals surface area contributed by atoms with Crippen LogP contribution in [0.3, 0.4) is 0 Å². The first kappa shape index (κ1) is 8.23. The standard InChI is InChI=1S/C10H11FN2/c1-6(2)10-9(11)7-5-12-4-3-8(7)13-10/h3-6,13H,1-2H3. The quantitative estimate of drug-likeness (QED) is 0.714. The molecule has 0 spiro atoms. The number of halogens is 1. The summed E-state index contributed by atoms with van der Waals surface area (Å²) in [5.74, 6) is 0.00509. The monoisotopic (exact) mass is 178 g/mol. The molecule has 0 radical (unpaired) electrons. The van der Waals surface area contributed by atoms with Gasteiger partial charge in [-0.1, -0.05) is 13.8 Å². The van der Waals surface area contributed by atoms with Crippen molar-refractivity contribution in [3.8, 4) is 0 Å². The predicted molar refractivity (Wildman–Crippen MR) is 50.1 cm³/mol. The Morgan fingerprint density at radius 3 is 2.85 bits per heavy atom. The molecule has 0 unspecified atom stereocenters. The summed E-state index contributed by atoms with van der Waals surface area (Å²) in [6.07, 6.45) is 3.20. The van der Waals surface area contributed by atoms with Gasteiger partial charge in [0, 0.05) is 12.4 Å². The molecule has 0 aliphatic rings. The smallest absolute Gasteiger partial charge is 0.153 e. The molecule has 0 aromatic carbocycles. The Kier molecular flexibility index (Phi) is 1.79. The molecule has 0 aliphatic heterocycles. The van der Waals surface area contributed by atoms with Crippen LogP contribution in [-0.4, -0.2) is 9.97 Å². The molecule has 13 heavy (non-hydrogen) atoms. The molecule has 68 valence electrons. The summed E-state index contributed by atoms with van der Waals surface area (Å²) in [6.45, 7) is 3.92. The van der Waals surface area contributed by atoms with Crippen molar-refractivity contribution in [3.63, 3.8) is 0 Å². The minimum Gasteiger partial charge on any atom is -0.356 e. The van der Waals surface area contributed by atoms with Gasteiger partial charge in [-0.05, 0) is 12.0 Å². The molecule has 0 fully saturated rings. The molecule has 2 rings (SSSR count). The third-order valence-electron chi connectivity index (χ3n) is 2.14. The van der Waals surface area contributed by atoms with Crippen LogP contribution in [0.2, 0.25) is 0 Å². The minimum absolute atomic E-state index is 0.168. The van der Waals surface area contributed by atoms with Crippen molar-refractivity contribution in [2.24, 2.45) is 0 Å². The van der Waals surface area contributed by atoms with Gasteiger partial charge in [-0.25, -0.2) is 4.39 Å². The van der Waals surface area contributed by atoms with Gasteiger partial charge in [0.25, 0.3) is 0 Å². The number of pyridine rings is 1. The van der Waals surface area contributed by atoms with Crippen LogP contribution >= 0.6 is 0 Å². The van der Waals surface area contributed by atoms with E-state index in [0.717, 1.165) is 5.52 Å². The highest BCUT2D eigenvalue weighted by Gasteiger charge is 2.12. The molecule has 3 heteroatoms. The van der Waals surface area contributed by atoms with Gasteiger partial charge < -0.3 is 4.98 Å². The third-order valence-corrected chi connectivity index (χ3v) is 2.14. The highest BCUT2D eigenvalue weighted by atomic mass is 19.1. The van der Waals surface area contributed by atoms with Gasteiger partial charge in [-0.2, -0.15) is 0 Å². The summed E-state index contributed by atoms with van der Waals surface area (Å²) >= 11 is 0. The fourth-order valence-electron chi connectivity index (χ4n) is 1.42. The maximum atomic E-state index is 13.6. The fraction of sp³-hybridized carbons (Fsp3) is 0.300. The topological polar surface area (TPSA) is 28.7 Å². The van der Waals surface area contributed by atoms with E-state index in [1.54, 1.807) is 18.5 Å². The highest BCUT2D eigenvalue weighted by molar-refractivity contribution is 5.80. The molecule has 0 atom stereocenters. The maximum Gasteiger partial charge on any atom is 0.153 e. The normalized spacial score (nSPS) is 11.4. The first-order valence-corrected chi connectivity index (χ1v) is 4.31. The summed E-state index contributed by atoms with van der Waals surface area (Å²) in [6, 6.07) is 1.78. The van der Waals surface area contributed by atoms with Crippen molar-refractivity contribution in [1.82, 2.24) is 9.97 Å². The lowest BCUT2D eigenvalue weighted by atomic mass is 10.1. The van der Waals surface area contributed by atoms with Crippen molar-refractivity contribution in [1.29, 1.82) is 0 Å². The van der Waals surface area contributed by atoms with E-state index in [-0.39, 0.29) is 11.7 Å². The van der Waals surface area contributed by atoms with Gasteiger partial charge in [0.1, 0.15) is 0 Å². The number of nitrogens with zero attached hydrogens (tertiary/aromatic N) is 1. The van der Waals surface area contributed by atoms with Crippen LogP contribution in [0.4, 0.5) is 4.39 Å². The second kappa shape index (κ2) is 2.83. The second-order valence-electron chi connectivity index (χ2n) is 3.43. The van der Waals surface area contributed by atoms with E-state index in [1.807, 2.05) is 13.8 Å². The SMILES string of the molecule is CC(C)c1[nH]c2ccncc2c1F. The third kappa shape index (κ3) is 1.20. The molecular weight excluding hydrogens is 167 g/mol. The Hall–Kier alpha value is -1.38. The van der Waals surface area contributed by atoms with E-state index in [9.17, 15) is 4.39 Å². The van der Waals surface area contributed by atoms with Crippen LogP contribution in [-0.2, 0) is 0 Å². The van der Waals surface area contributed by atoms with E-state index in [2.05, 4.69) is 9.97 Å². The van der Waals surface area contributed by atoms with Crippen molar-refractivity contribution >= 4 is 10.9 Å². The molecule has 0 saturated carbocycles. The van der Waals surface area contributed by atoms with E-state index in [1.165, 1.54) is 0 Å². The minimum atomic E-state index is -0.168. The predicted octanol–water partition coefficient (Wildman–Crippen LogP) is 2.83. The molecule has 0 bridgehead atoms. The number of fused-ring (bicyclic) bond motifs is 1. The number of hydrogen-bond acceptors (Lipinski definition) is 1. The van der Waals surface area contributed by atoms with Crippen LogP contribution in [0, 0.1) is 5.82 Å². The average Bonchev–Trinajstić information content (AvgIpc) is 2.45. The lowest BCUT2D eigenvalue weighted by Crippen LogP contribution is -1.89. The fourth-order valence-corrected chi connectivity index (χ4v) is 1.42. The first-order valence-electron chi connectivity index (χ1n) is 4.31. The highest BCUT2D eigenvalue weighted by Crippen LogP contribution is 2.24. The molecule has 0 saturated heterocycles. The van der Waals surface area contributed by atoms with Gasteiger partial charge >= 0.3 is 0 Å². The summed E-state index contributed by atoms with van der Waals surface area (Å²) in [5.41, 5.74) is 1.47. The second-order valence-corrected chi connectivity index (χ2v) is 3.43. The Morgan fingerprint density at radius 2 is 2.23 bits per heavy atom. The number of rotatable bonds is 1. The number of aromatic amines is 1. The van der Waals surface area contributed by atoms with Crippen molar-refractivity contribution in [3.05, 3.63) is 30.0 Å². The van der Waals surface area contributed by atoms with Crippen molar-refractivity contribution in [2.75, 3.05) is 0 Å². The van der Waals surface area contributed by atoms with Gasteiger partial charge in [0.2, 0.25) is 0 Å². The van der Waals surface area contributed by atoms with Crippen LogP contribution in [0.25, 0.3) is 10.9 Å². The number of aromatic nitrogens is 2. The zero-order valence-corrected chi connectivity index (χ0v) is 7.63. The average molecular weight is 178 g/mol. The van der Waals surface area contributed by atoms with Crippen LogP contribution in [0.5, 0.6) is 0 Å². The Morgan fingerprint density at radius 1 is 1.46 bits per heavy atom. The summed E-state index contributed by atoms with van der Waals surface area (Å²) in [5, 5.41) is 0.575. The van der Waals surface area contributed by atoms with Crippen LogP contribution < -0.4 is 0 Å². The maximum absolute atomic E-state index is 13.6. The van der Waals surface area contributed by atoms with E-state index < -0.39 is 0 Å². The summed E-state index contributed by atoms with van der Waals surface area (Å²) < 4.78 is 13.6. The lowest BCUT2D eigenvalue weighted by molar-refractivity contribution is 0.605.